The first-order chi connectivity index (χ1) is 17.5. The Morgan fingerprint density at radius 2 is 1.89 bits per heavy atom. The quantitative estimate of drug-likeness (QED) is 0.247. The fourth-order valence-corrected chi connectivity index (χ4v) is 6.69. The lowest BCUT2D eigenvalue weighted by molar-refractivity contribution is 0.477. The second-order valence-corrected chi connectivity index (χ2v) is 11.2. The van der Waals surface area contributed by atoms with Gasteiger partial charge < -0.3 is 10.2 Å². The Bertz CT molecular complexity index is 1260. The summed E-state index contributed by atoms with van der Waals surface area (Å²) in [6, 6.07) is 13.3. The van der Waals surface area contributed by atoms with Crippen LogP contribution in [-0.2, 0) is 4.87 Å². The Hall–Kier alpha value is -3.05. The largest absolute Gasteiger partial charge is 0.356 e. The molecule has 0 bridgehead atoms. The maximum absolute atomic E-state index is 14.8. The van der Waals surface area contributed by atoms with E-state index >= 15 is 0 Å². The van der Waals surface area contributed by atoms with Gasteiger partial charge in [-0.15, -0.1) is 10.2 Å². The number of aromatic nitrogens is 2. The summed E-state index contributed by atoms with van der Waals surface area (Å²) in [5.74, 6) is -0.591. The highest BCUT2D eigenvalue weighted by Crippen LogP contribution is 2.52. The highest BCUT2D eigenvalue weighted by atomic mass is 32.2. The van der Waals surface area contributed by atoms with Gasteiger partial charge in [0, 0.05) is 25.2 Å². The monoisotopic (exact) mass is 527 g/mol. The molecule has 1 saturated heterocycles. The standard InChI is InChI=1S/C25H27F2N7S2/c1-17-30-31-24(35-17)34-25(18-8-3-2-4-9-18,12-7-13-29-23(28)33-14-5-6-15-33)36-22(32-34)20-16-19(26)10-11-21(20)27/h2-4,8-11,16H,5-7,12-15H2,1H3,(H2,28,29). The molecule has 1 atom stereocenters. The molecule has 2 aliphatic rings. The number of hydrogen-bond donors (Lipinski definition) is 2. The molecular formula is C25H27F2N7S2. The summed E-state index contributed by atoms with van der Waals surface area (Å²) >= 11 is 2.81. The minimum absolute atomic E-state index is 0.123. The molecule has 1 fully saturated rings. The summed E-state index contributed by atoms with van der Waals surface area (Å²) in [6.07, 6.45) is 3.58. The molecular weight excluding hydrogens is 500 g/mol. The molecule has 3 heterocycles. The van der Waals surface area contributed by atoms with Crippen LogP contribution in [0, 0.1) is 24.0 Å². The van der Waals surface area contributed by atoms with Crippen molar-refractivity contribution in [2.45, 2.75) is 37.5 Å². The predicted molar refractivity (Wildman–Crippen MR) is 142 cm³/mol. The smallest absolute Gasteiger partial charge is 0.230 e. The van der Waals surface area contributed by atoms with Crippen molar-refractivity contribution >= 4 is 39.2 Å². The molecule has 0 amide bonds. The Kier molecular flexibility index (Phi) is 7.20. The van der Waals surface area contributed by atoms with Gasteiger partial charge in [-0.1, -0.05) is 53.4 Å². The predicted octanol–water partition coefficient (Wildman–Crippen LogP) is 5.29. The van der Waals surface area contributed by atoms with Crippen molar-refractivity contribution in [1.82, 2.24) is 20.4 Å². The molecule has 36 heavy (non-hydrogen) atoms. The van der Waals surface area contributed by atoms with Gasteiger partial charge >= 0.3 is 0 Å². The fourth-order valence-electron chi connectivity index (χ4n) is 4.50. The molecule has 7 nitrogen and oxygen atoms in total. The molecule has 0 aliphatic carbocycles. The Morgan fingerprint density at radius 3 is 2.61 bits per heavy atom. The van der Waals surface area contributed by atoms with Crippen molar-refractivity contribution in [2.24, 2.45) is 5.10 Å². The van der Waals surface area contributed by atoms with E-state index in [1.54, 1.807) is 0 Å². The first kappa shape index (κ1) is 24.6. The highest BCUT2D eigenvalue weighted by molar-refractivity contribution is 8.15. The van der Waals surface area contributed by atoms with Gasteiger partial charge in [0.15, 0.2) is 5.96 Å². The molecule has 188 valence electrons. The molecule has 0 spiro atoms. The van der Waals surface area contributed by atoms with Crippen molar-refractivity contribution < 1.29 is 8.78 Å². The van der Waals surface area contributed by atoms with Gasteiger partial charge in [-0.25, -0.2) is 13.8 Å². The van der Waals surface area contributed by atoms with E-state index < -0.39 is 16.5 Å². The third-order valence-corrected chi connectivity index (χ3v) is 8.55. The molecule has 1 unspecified atom stereocenters. The van der Waals surface area contributed by atoms with Crippen molar-refractivity contribution in [2.75, 3.05) is 24.6 Å². The fraction of sp³-hybridized carbons (Fsp3) is 0.360. The van der Waals surface area contributed by atoms with Gasteiger partial charge in [-0.05, 0) is 56.4 Å². The van der Waals surface area contributed by atoms with Crippen LogP contribution < -0.4 is 10.3 Å². The summed E-state index contributed by atoms with van der Waals surface area (Å²) in [4.78, 5) is 1.32. The molecule has 5 rings (SSSR count). The van der Waals surface area contributed by atoms with Crippen LogP contribution in [0.5, 0.6) is 0 Å². The second kappa shape index (κ2) is 10.5. The third kappa shape index (κ3) is 4.94. The van der Waals surface area contributed by atoms with Crippen LogP contribution in [0.4, 0.5) is 13.9 Å². The van der Waals surface area contributed by atoms with Crippen molar-refractivity contribution in [3.8, 4) is 0 Å². The van der Waals surface area contributed by atoms with Crippen molar-refractivity contribution in [3.63, 3.8) is 0 Å². The van der Waals surface area contributed by atoms with Gasteiger partial charge in [0.05, 0.1) is 0 Å². The number of likely N-dealkylation sites (tertiary alicyclic amines) is 1. The van der Waals surface area contributed by atoms with Gasteiger partial charge in [0.2, 0.25) is 5.13 Å². The van der Waals surface area contributed by atoms with Gasteiger partial charge in [0.25, 0.3) is 0 Å². The maximum Gasteiger partial charge on any atom is 0.230 e. The average molecular weight is 528 g/mol. The molecule has 3 aromatic rings. The number of anilines is 1. The minimum Gasteiger partial charge on any atom is -0.356 e. The number of aryl methyl sites for hydroxylation is 1. The van der Waals surface area contributed by atoms with E-state index in [4.69, 9.17) is 10.5 Å². The lowest BCUT2D eigenvalue weighted by Gasteiger charge is -2.35. The summed E-state index contributed by atoms with van der Waals surface area (Å²) in [5.41, 5.74) is 1.10. The Balaban J connectivity index is 1.47. The van der Waals surface area contributed by atoms with E-state index in [2.05, 4.69) is 20.4 Å². The number of hydrogen-bond acceptors (Lipinski definition) is 7. The highest BCUT2D eigenvalue weighted by Gasteiger charge is 2.47. The van der Waals surface area contributed by atoms with E-state index in [9.17, 15) is 8.78 Å². The number of nitrogens with one attached hydrogen (secondary N) is 2. The molecule has 2 aromatic carbocycles. The van der Waals surface area contributed by atoms with Gasteiger partial charge in [0.1, 0.15) is 26.6 Å². The molecule has 1 aromatic heterocycles. The SMILES string of the molecule is Cc1nnc(N2N=C(c3cc(F)ccc3F)SC2(CCCNC(=N)N2CCCC2)c2ccccc2)s1. The summed E-state index contributed by atoms with van der Waals surface area (Å²) in [7, 11) is 0. The molecule has 11 heteroatoms. The number of hydrazone groups is 1. The second-order valence-electron chi connectivity index (χ2n) is 8.77. The molecule has 0 radical (unpaired) electrons. The first-order valence-corrected chi connectivity index (χ1v) is 13.6. The zero-order chi connectivity index (χ0) is 25.1. The average Bonchev–Trinajstić information content (AvgIpc) is 3.64. The van der Waals surface area contributed by atoms with Crippen LogP contribution in [-0.4, -0.2) is 45.7 Å². The molecule has 2 aliphatic heterocycles. The van der Waals surface area contributed by atoms with Crippen LogP contribution in [0.25, 0.3) is 0 Å². The van der Waals surface area contributed by atoms with E-state index in [0.717, 1.165) is 55.1 Å². The van der Waals surface area contributed by atoms with Crippen LogP contribution >= 0.6 is 23.1 Å². The van der Waals surface area contributed by atoms with Crippen LogP contribution in [0.3, 0.4) is 0 Å². The van der Waals surface area contributed by atoms with Gasteiger partial charge in [-0.2, -0.15) is 5.10 Å². The summed E-state index contributed by atoms with van der Waals surface area (Å²) in [6.45, 7) is 4.31. The normalized spacial score (nSPS) is 19.6. The van der Waals surface area contributed by atoms with Crippen LogP contribution in [0.2, 0.25) is 0 Å². The van der Waals surface area contributed by atoms with E-state index in [0.29, 0.717) is 29.1 Å². The lowest BCUT2D eigenvalue weighted by atomic mass is 10.0. The number of guanidine groups is 1. The van der Waals surface area contributed by atoms with Gasteiger partial charge in [-0.3, -0.25) is 5.41 Å². The van der Waals surface area contributed by atoms with E-state index in [1.807, 2.05) is 42.3 Å². The van der Waals surface area contributed by atoms with E-state index in [-0.39, 0.29) is 5.56 Å². The van der Waals surface area contributed by atoms with Crippen LogP contribution in [0.1, 0.15) is 41.8 Å². The third-order valence-electron chi connectivity index (χ3n) is 6.29. The number of rotatable bonds is 7. The van der Waals surface area contributed by atoms with Crippen LogP contribution in [0.15, 0.2) is 53.6 Å². The Labute approximate surface area is 217 Å². The number of nitrogens with zero attached hydrogens (tertiary/aromatic N) is 5. The first-order valence-electron chi connectivity index (χ1n) is 11.9. The number of thioether (sulfide) groups is 1. The number of halogens is 2. The topological polar surface area (TPSA) is 80.5 Å². The zero-order valence-corrected chi connectivity index (χ0v) is 21.5. The van der Waals surface area contributed by atoms with Crippen molar-refractivity contribution in [1.29, 1.82) is 5.41 Å². The summed E-state index contributed by atoms with van der Waals surface area (Å²) < 4.78 is 28.9. The molecule has 2 N–H and O–H groups in total. The summed E-state index contributed by atoms with van der Waals surface area (Å²) in [5, 5.41) is 28.5. The zero-order valence-electron chi connectivity index (χ0n) is 19.9. The van der Waals surface area contributed by atoms with E-state index in [1.165, 1.54) is 29.2 Å². The molecule has 0 saturated carbocycles. The number of benzene rings is 2. The lowest BCUT2D eigenvalue weighted by Crippen LogP contribution is -2.41. The minimum atomic E-state index is -0.737. The maximum atomic E-state index is 14.8. The Morgan fingerprint density at radius 1 is 1.11 bits per heavy atom. The van der Waals surface area contributed by atoms with Crippen molar-refractivity contribution in [3.05, 3.63) is 76.3 Å².